The van der Waals surface area contributed by atoms with E-state index >= 15 is 0 Å². The summed E-state index contributed by atoms with van der Waals surface area (Å²) < 4.78 is 13.3. The number of anilines is 1. The molecule has 16 heavy (non-hydrogen) atoms. The predicted molar refractivity (Wildman–Crippen MR) is 64.8 cm³/mol. The Morgan fingerprint density at radius 2 is 2.12 bits per heavy atom. The molecular weight excluding hydrogens is 203 g/mol. The van der Waals surface area contributed by atoms with Gasteiger partial charge in [0.15, 0.2) is 0 Å². The van der Waals surface area contributed by atoms with Crippen molar-refractivity contribution in [3.05, 3.63) is 29.6 Å². The molecule has 0 aliphatic carbocycles. The van der Waals surface area contributed by atoms with Gasteiger partial charge in [-0.15, -0.1) is 0 Å². The Kier molecular flexibility index (Phi) is 3.15. The summed E-state index contributed by atoms with van der Waals surface area (Å²) in [5.74, 6) is 1.30. The highest BCUT2D eigenvalue weighted by Crippen LogP contribution is 2.29. The largest absolute Gasteiger partial charge is 0.371 e. The van der Waals surface area contributed by atoms with Crippen LogP contribution in [-0.4, -0.2) is 13.1 Å². The van der Waals surface area contributed by atoms with Gasteiger partial charge in [-0.2, -0.15) is 0 Å². The van der Waals surface area contributed by atoms with Crippen LogP contribution in [-0.2, 0) is 6.54 Å². The first-order chi connectivity index (χ1) is 7.61. The van der Waals surface area contributed by atoms with Gasteiger partial charge >= 0.3 is 0 Å². The van der Waals surface area contributed by atoms with E-state index in [-0.39, 0.29) is 12.4 Å². The summed E-state index contributed by atoms with van der Waals surface area (Å²) in [6, 6.07) is 5.22. The summed E-state index contributed by atoms with van der Waals surface area (Å²) in [6.45, 7) is 6.91. The van der Waals surface area contributed by atoms with Crippen molar-refractivity contribution in [2.45, 2.75) is 20.4 Å². The molecule has 1 aromatic carbocycles. The van der Waals surface area contributed by atoms with Crippen LogP contribution < -0.4 is 10.6 Å². The predicted octanol–water partition coefficient (Wildman–Crippen LogP) is 2.38. The third-order valence-electron chi connectivity index (χ3n) is 3.47. The smallest absolute Gasteiger partial charge is 0.127 e. The van der Waals surface area contributed by atoms with Crippen LogP contribution >= 0.6 is 0 Å². The Balaban J connectivity index is 2.06. The van der Waals surface area contributed by atoms with Gasteiger partial charge < -0.3 is 10.6 Å². The fraction of sp³-hybridized carbons (Fsp3) is 0.538. The van der Waals surface area contributed by atoms with E-state index in [1.165, 1.54) is 6.07 Å². The average Bonchev–Trinajstić information content (AvgIpc) is 2.17. The summed E-state index contributed by atoms with van der Waals surface area (Å²) in [5.41, 5.74) is 7.19. The molecule has 1 saturated heterocycles. The Labute approximate surface area is 96.2 Å². The van der Waals surface area contributed by atoms with E-state index < -0.39 is 0 Å². The van der Waals surface area contributed by atoms with Gasteiger partial charge in [0.1, 0.15) is 5.82 Å². The standard InChI is InChI=1S/C13H19FN2/c1-9(2)11-7-16(8-11)12-3-4-13(14)10(5-12)6-15/h3-5,9,11H,6-8,15H2,1-2H3. The summed E-state index contributed by atoms with van der Waals surface area (Å²) in [7, 11) is 0. The lowest BCUT2D eigenvalue weighted by Gasteiger charge is -2.43. The van der Waals surface area contributed by atoms with Gasteiger partial charge in [0.25, 0.3) is 0 Å². The SMILES string of the molecule is CC(C)C1CN(c2ccc(F)c(CN)c2)C1. The highest BCUT2D eigenvalue weighted by atomic mass is 19.1. The fourth-order valence-corrected chi connectivity index (χ4v) is 2.06. The minimum atomic E-state index is -0.202. The van der Waals surface area contributed by atoms with Gasteiger partial charge in [0.05, 0.1) is 0 Å². The molecule has 0 bridgehead atoms. The lowest BCUT2D eigenvalue weighted by Crippen LogP contribution is -2.49. The van der Waals surface area contributed by atoms with E-state index in [0.29, 0.717) is 5.56 Å². The number of nitrogens with two attached hydrogens (primary N) is 1. The number of hydrogen-bond acceptors (Lipinski definition) is 2. The number of hydrogen-bond donors (Lipinski definition) is 1. The topological polar surface area (TPSA) is 29.3 Å². The first kappa shape index (κ1) is 11.4. The van der Waals surface area contributed by atoms with Crippen molar-refractivity contribution < 1.29 is 4.39 Å². The third-order valence-corrected chi connectivity index (χ3v) is 3.47. The fourth-order valence-electron chi connectivity index (χ4n) is 2.06. The summed E-state index contributed by atoms with van der Waals surface area (Å²) in [6.07, 6.45) is 0. The lowest BCUT2D eigenvalue weighted by molar-refractivity contribution is 0.310. The zero-order valence-electron chi connectivity index (χ0n) is 9.91. The van der Waals surface area contributed by atoms with Crippen LogP contribution in [0.2, 0.25) is 0 Å². The summed E-state index contributed by atoms with van der Waals surface area (Å²) in [4.78, 5) is 2.28. The maximum absolute atomic E-state index is 13.3. The summed E-state index contributed by atoms with van der Waals surface area (Å²) in [5, 5.41) is 0. The number of nitrogens with zero attached hydrogens (tertiary/aromatic N) is 1. The molecule has 0 saturated carbocycles. The molecule has 88 valence electrons. The van der Waals surface area contributed by atoms with Crippen molar-refractivity contribution in [3.8, 4) is 0 Å². The highest BCUT2D eigenvalue weighted by molar-refractivity contribution is 5.51. The molecule has 1 aromatic rings. The maximum atomic E-state index is 13.3. The van der Waals surface area contributed by atoms with Crippen LogP contribution in [0.15, 0.2) is 18.2 Å². The molecular formula is C13H19FN2. The Bertz CT molecular complexity index is 370. The van der Waals surface area contributed by atoms with Crippen LogP contribution in [0.25, 0.3) is 0 Å². The van der Waals surface area contributed by atoms with E-state index in [1.807, 2.05) is 12.1 Å². The Morgan fingerprint density at radius 1 is 1.44 bits per heavy atom. The molecule has 0 amide bonds. The van der Waals surface area contributed by atoms with Crippen molar-refractivity contribution in [1.82, 2.24) is 0 Å². The van der Waals surface area contributed by atoms with Crippen molar-refractivity contribution in [1.29, 1.82) is 0 Å². The third kappa shape index (κ3) is 2.05. The number of halogens is 1. The second kappa shape index (κ2) is 4.42. The molecule has 0 spiro atoms. The molecule has 1 fully saturated rings. The van der Waals surface area contributed by atoms with E-state index in [9.17, 15) is 4.39 Å². The van der Waals surface area contributed by atoms with E-state index in [0.717, 1.165) is 30.6 Å². The lowest BCUT2D eigenvalue weighted by atomic mass is 9.88. The van der Waals surface area contributed by atoms with Crippen LogP contribution in [0.4, 0.5) is 10.1 Å². The normalized spacial score (nSPS) is 16.7. The zero-order chi connectivity index (χ0) is 11.7. The molecule has 2 N–H and O–H groups in total. The molecule has 0 unspecified atom stereocenters. The van der Waals surface area contributed by atoms with E-state index in [1.54, 1.807) is 0 Å². The van der Waals surface area contributed by atoms with Crippen molar-refractivity contribution in [2.75, 3.05) is 18.0 Å². The first-order valence-corrected chi connectivity index (χ1v) is 5.85. The van der Waals surface area contributed by atoms with Crippen LogP contribution in [0.3, 0.4) is 0 Å². The van der Waals surface area contributed by atoms with Crippen LogP contribution in [0.1, 0.15) is 19.4 Å². The van der Waals surface area contributed by atoms with Crippen molar-refractivity contribution >= 4 is 5.69 Å². The quantitative estimate of drug-likeness (QED) is 0.850. The second-order valence-corrected chi connectivity index (χ2v) is 4.89. The number of benzene rings is 1. The van der Waals surface area contributed by atoms with E-state index in [4.69, 9.17) is 5.73 Å². The summed E-state index contributed by atoms with van der Waals surface area (Å²) >= 11 is 0. The van der Waals surface area contributed by atoms with Gasteiger partial charge in [-0.25, -0.2) is 4.39 Å². The van der Waals surface area contributed by atoms with Crippen molar-refractivity contribution in [2.24, 2.45) is 17.6 Å². The van der Waals surface area contributed by atoms with Gasteiger partial charge in [-0.1, -0.05) is 13.8 Å². The molecule has 0 atom stereocenters. The molecule has 3 heteroatoms. The Morgan fingerprint density at radius 3 is 2.69 bits per heavy atom. The Hall–Kier alpha value is -1.09. The van der Waals surface area contributed by atoms with Crippen LogP contribution in [0, 0.1) is 17.7 Å². The van der Waals surface area contributed by atoms with Crippen LogP contribution in [0.5, 0.6) is 0 Å². The molecule has 1 aliphatic rings. The van der Waals surface area contributed by atoms with Gasteiger partial charge in [0.2, 0.25) is 0 Å². The molecule has 0 aromatic heterocycles. The highest BCUT2D eigenvalue weighted by Gasteiger charge is 2.29. The molecule has 1 heterocycles. The molecule has 0 radical (unpaired) electrons. The van der Waals surface area contributed by atoms with E-state index in [2.05, 4.69) is 18.7 Å². The van der Waals surface area contributed by atoms with Gasteiger partial charge in [-0.3, -0.25) is 0 Å². The zero-order valence-corrected chi connectivity index (χ0v) is 9.91. The molecule has 2 nitrogen and oxygen atoms in total. The van der Waals surface area contributed by atoms with Crippen molar-refractivity contribution in [3.63, 3.8) is 0 Å². The average molecular weight is 222 g/mol. The monoisotopic (exact) mass is 222 g/mol. The maximum Gasteiger partial charge on any atom is 0.127 e. The molecule has 1 aliphatic heterocycles. The minimum Gasteiger partial charge on any atom is -0.371 e. The first-order valence-electron chi connectivity index (χ1n) is 5.85. The minimum absolute atomic E-state index is 0.202. The molecule has 2 rings (SSSR count). The second-order valence-electron chi connectivity index (χ2n) is 4.89. The number of rotatable bonds is 3. The van der Waals surface area contributed by atoms with Gasteiger partial charge in [0, 0.05) is 30.9 Å². The van der Waals surface area contributed by atoms with Gasteiger partial charge in [-0.05, 0) is 30.0 Å².